The van der Waals surface area contributed by atoms with Crippen LogP contribution in [0.1, 0.15) is 17.5 Å². The quantitative estimate of drug-likeness (QED) is 0.855. The van der Waals surface area contributed by atoms with Crippen molar-refractivity contribution < 1.29 is 13.2 Å². The molecule has 0 saturated heterocycles. The van der Waals surface area contributed by atoms with Crippen LogP contribution in [0, 0.1) is 0 Å². The van der Waals surface area contributed by atoms with E-state index in [4.69, 9.17) is 0 Å². The van der Waals surface area contributed by atoms with Gasteiger partial charge in [0.05, 0.1) is 16.8 Å². The molecule has 0 aliphatic rings. The molecule has 0 aliphatic heterocycles. The Balaban J connectivity index is 2.37. The summed E-state index contributed by atoms with van der Waals surface area (Å²) >= 11 is 0. The van der Waals surface area contributed by atoms with E-state index >= 15 is 0 Å². The monoisotopic (exact) mass is 264 g/mol. The van der Waals surface area contributed by atoms with Gasteiger partial charge in [0.15, 0.2) is 21.4 Å². The summed E-state index contributed by atoms with van der Waals surface area (Å²) in [7, 11) is -3.19. The summed E-state index contributed by atoms with van der Waals surface area (Å²) in [6.07, 6.45) is 2.71. The molecule has 0 fully saturated rings. The normalized spacial score (nSPS) is 11.4. The first kappa shape index (κ1) is 12.5. The molecule has 0 unspecified atom stereocenters. The van der Waals surface area contributed by atoms with E-state index in [1.807, 2.05) is 0 Å². The molecule has 94 valence electrons. The number of aromatic amines is 1. The average Bonchev–Trinajstić information content (AvgIpc) is 2.77. The van der Waals surface area contributed by atoms with Gasteiger partial charge in [-0.2, -0.15) is 0 Å². The number of hydrogen-bond acceptors (Lipinski definition) is 4. The first-order valence-electron chi connectivity index (χ1n) is 5.24. The molecule has 2 aromatic rings. The van der Waals surface area contributed by atoms with Gasteiger partial charge in [0, 0.05) is 13.2 Å². The van der Waals surface area contributed by atoms with Crippen molar-refractivity contribution in [1.82, 2.24) is 9.97 Å². The first-order chi connectivity index (χ1) is 8.38. The molecule has 2 rings (SSSR count). The van der Waals surface area contributed by atoms with Crippen molar-refractivity contribution in [2.45, 2.75) is 11.8 Å². The second-order valence-electron chi connectivity index (χ2n) is 4.00. The standard InChI is InChI=1S/C12H12N2O3S/c1-8(15)12-13-7-11(14-12)9-3-5-10(6-4-9)18(2,16)17/h3-7H,1-2H3,(H,13,14). The number of Topliss-reactive ketones (excluding diaryl/α,β-unsaturated/α-hetero) is 1. The average molecular weight is 264 g/mol. The van der Waals surface area contributed by atoms with Crippen LogP contribution in [0.25, 0.3) is 11.3 Å². The maximum absolute atomic E-state index is 11.3. The number of benzene rings is 1. The largest absolute Gasteiger partial charge is 0.336 e. The molecular formula is C12H12N2O3S. The zero-order valence-corrected chi connectivity index (χ0v) is 10.8. The molecule has 0 radical (unpaired) electrons. The highest BCUT2D eigenvalue weighted by Crippen LogP contribution is 2.19. The molecule has 0 saturated carbocycles. The topological polar surface area (TPSA) is 79.9 Å². The number of rotatable bonds is 3. The Kier molecular flexibility index (Phi) is 3.04. The molecule has 0 bridgehead atoms. The lowest BCUT2D eigenvalue weighted by atomic mass is 10.2. The van der Waals surface area contributed by atoms with E-state index in [0.717, 1.165) is 11.8 Å². The van der Waals surface area contributed by atoms with E-state index in [1.54, 1.807) is 18.3 Å². The van der Waals surface area contributed by atoms with Crippen molar-refractivity contribution in [1.29, 1.82) is 0 Å². The molecule has 6 heteroatoms. The molecule has 0 aliphatic carbocycles. The van der Waals surface area contributed by atoms with Crippen LogP contribution in [0.4, 0.5) is 0 Å². The predicted molar refractivity (Wildman–Crippen MR) is 67.1 cm³/mol. The summed E-state index contributed by atoms with van der Waals surface area (Å²) in [5.41, 5.74) is 1.46. The summed E-state index contributed by atoms with van der Waals surface area (Å²) in [6, 6.07) is 6.40. The van der Waals surface area contributed by atoms with Crippen molar-refractivity contribution in [2.24, 2.45) is 0 Å². The van der Waals surface area contributed by atoms with Crippen molar-refractivity contribution in [3.05, 3.63) is 36.3 Å². The summed E-state index contributed by atoms with van der Waals surface area (Å²) in [6.45, 7) is 1.43. The SMILES string of the molecule is CC(=O)c1ncc(-c2ccc(S(C)(=O)=O)cc2)[nH]1. The maximum Gasteiger partial charge on any atom is 0.194 e. The minimum Gasteiger partial charge on any atom is -0.336 e. The molecule has 1 aromatic heterocycles. The number of ketones is 1. The molecule has 5 nitrogen and oxygen atoms in total. The van der Waals surface area contributed by atoms with E-state index in [0.29, 0.717) is 5.69 Å². The molecular weight excluding hydrogens is 252 g/mol. The summed E-state index contributed by atoms with van der Waals surface area (Å²) in [4.78, 5) is 18.2. The molecule has 0 atom stereocenters. The van der Waals surface area contributed by atoms with Gasteiger partial charge in [0.1, 0.15) is 0 Å². The van der Waals surface area contributed by atoms with Crippen LogP contribution in [0.2, 0.25) is 0 Å². The van der Waals surface area contributed by atoms with Crippen LogP contribution in [-0.2, 0) is 9.84 Å². The lowest BCUT2D eigenvalue weighted by Gasteiger charge is -2.00. The molecule has 1 aromatic carbocycles. The molecule has 1 N–H and O–H groups in total. The number of nitrogens with zero attached hydrogens (tertiary/aromatic N) is 1. The Hall–Kier alpha value is -1.95. The fraction of sp³-hybridized carbons (Fsp3) is 0.167. The van der Waals surface area contributed by atoms with Gasteiger partial charge in [0.25, 0.3) is 0 Å². The number of hydrogen-bond donors (Lipinski definition) is 1. The van der Waals surface area contributed by atoms with Gasteiger partial charge in [-0.3, -0.25) is 4.79 Å². The van der Waals surface area contributed by atoms with Crippen LogP contribution in [0.3, 0.4) is 0 Å². The Labute approximate surface area is 105 Å². The second-order valence-corrected chi connectivity index (χ2v) is 6.01. The van der Waals surface area contributed by atoms with Crippen LogP contribution >= 0.6 is 0 Å². The van der Waals surface area contributed by atoms with Crippen molar-refractivity contribution in [3.8, 4) is 11.3 Å². The van der Waals surface area contributed by atoms with Gasteiger partial charge < -0.3 is 4.98 Å². The number of imidazole rings is 1. The fourth-order valence-electron chi connectivity index (χ4n) is 1.53. The van der Waals surface area contributed by atoms with Gasteiger partial charge >= 0.3 is 0 Å². The number of carbonyl (C=O) groups excluding carboxylic acids is 1. The van der Waals surface area contributed by atoms with Crippen LogP contribution in [-0.4, -0.2) is 30.4 Å². The van der Waals surface area contributed by atoms with Gasteiger partial charge in [-0.1, -0.05) is 12.1 Å². The Bertz CT molecular complexity index is 684. The third-order valence-corrected chi connectivity index (χ3v) is 3.63. The third kappa shape index (κ3) is 2.48. The summed E-state index contributed by atoms with van der Waals surface area (Å²) in [5, 5.41) is 0. The number of H-pyrrole nitrogens is 1. The second kappa shape index (κ2) is 4.38. The lowest BCUT2D eigenvalue weighted by Crippen LogP contribution is -1.96. The molecule has 0 amide bonds. The molecule has 0 spiro atoms. The number of sulfone groups is 1. The highest BCUT2D eigenvalue weighted by molar-refractivity contribution is 7.90. The number of nitrogens with one attached hydrogen (secondary N) is 1. The van der Waals surface area contributed by atoms with Crippen molar-refractivity contribution >= 4 is 15.6 Å². The van der Waals surface area contributed by atoms with Crippen LogP contribution in [0.5, 0.6) is 0 Å². The first-order valence-corrected chi connectivity index (χ1v) is 7.13. The van der Waals surface area contributed by atoms with Gasteiger partial charge in [-0.25, -0.2) is 13.4 Å². The summed E-state index contributed by atoms with van der Waals surface area (Å²) in [5.74, 6) is 0.145. The van der Waals surface area contributed by atoms with Gasteiger partial charge in [-0.05, 0) is 17.7 Å². The van der Waals surface area contributed by atoms with E-state index in [-0.39, 0.29) is 16.5 Å². The third-order valence-electron chi connectivity index (χ3n) is 2.50. The highest BCUT2D eigenvalue weighted by Gasteiger charge is 2.09. The van der Waals surface area contributed by atoms with Crippen LogP contribution < -0.4 is 0 Å². The smallest absolute Gasteiger partial charge is 0.194 e. The minimum absolute atomic E-state index is 0.144. The Morgan fingerprint density at radius 3 is 2.28 bits per heavy atom. The predicted octanol–water partition coefficient (Wildman–Crippen LogP) is 1.68. The van der Waals surface area contributed by atoms with E-state index < -0.39 is 9.84 Å². The highest BCUT2D eigenvalue weighted by atomic mass is 32.2. The van der Waals surface area contributed by atoms with Crippen molar-refractivity contribution in [2.75, 3.05) is 6.26 Å². The molecule has 1 heterocycles. The zero-order chi connectivity index (χ0) is 13.3. The van der Waals surface area contributed by atoms with Gasteiger partial charge in [0.2, 0.25) is 0 Å². The van der Waals surface area contributed by atoms with Gasteiger partial charge in [-0.15, -0.1) is 0 Å². The Morgan fingerprint density at radius 1 is 1.22 bits per heavy atom. The van der Waals surface area contributed by atoms with E-state index in [9.17, 15) is 13.2 Å². The fourth-order valence-corrected chi connectivity index (χ4v) is 2.16. The maximum atomic E-state index is 11.3. The van der Waals surface area contributed by atoms with Crippen molar-refractivity contribution in [3.63, 3.8) is 0 Å². The minimum atomic E-state index is -3.19. The Morgan fingerprint density at radius 2 is 1.83 bits per heavy atom. The zero-order valence-electron chi connectivity index (χ0n) is 9.97. The molecule has 18 heavy (non-hydrogen) atoms. The lowest BCUT2D eigenvalue weighted by molar-refractivity contribution is 0.100. The van der Waals surface area contributed by atoms with Crippen LogP contribution in [0.15, 0.2) is 35.4 Å². The van der Waals surface area contributed by atoms with E-state index in [1.165, 1.54) is 19.1 Å². The number of carbonyl (C=O) groups is 1. The number of aromatic nitrogens is 2. The summed E-state index contributed by atoms with van der Waals surface area (Å²) < 4.78 is 22.6. The van der Waals surface area contributed by atoms with E-state index in [2.05, 4.69) is 9.97 Å².